The van der Waals surface area contributed by atoms with Crippen LogP contribution in [0.15, 0.2) is 28.7 Å². The average molecular weight is 354 g/mol. The number of para-hydroxylation sites is 1. The van der Waals surface area contributed by atoms with Crippen LogP contribution in [0.4, 0.5) is 5.69 Å². The molecule has 116 valence electrons. The molecule has 0 bridgehead atoms. The van der Waals surface area contributed by atoms with Gasteiger partial charge in [-0.25, -0.2) is 4.79 Å². The molecule has 0 heterocycles. The molecule has 2 N–H and O–H groups in total. The molecule has 0 spiro atoms. The number of hydrogen-bond donors (Lipinski definition) is 2. The quantitative estimate of drug-likeness (QED) is 0.755. The first-order valence-corrected chi connectivity index (χ1v) is 8.50. The van der Waals surface area contributed by atoms with Crippen molar-refractivity contribution in [2.24, 2.45) is 11.8 Å². The first-order valence-electron chi connectivity index (χ1n) is 7.71. The molecule has 3 nitrogen and oxygen atoms in total. The van der Waals surface area contributed by atoms with E-state index in [1.54, 1.807) is 0 Å². The highest BCUT2D eigenvalue weighted by Crippen LogP contribution is 2.37. The van der Waals surface area contributed by atoms with Gasteiger partial charge in [-0.1, -0.05) is 38.8 Å². The van der Waals surface area contributed by atoms with Gasteiger partial charge in [0.2, 0.25) is 0 Å². The summed E-state index contributed by atoms with van der Waals surface area (Å²) in [6.07, 6.45) is 4.44. The molecule has 0 aromatic heterocycles. The van der Waals surface area contributed by atoms with Crippen molar-refractivity contribution in [2.75, 3.05) is 5.32 Å². The molecule has 1 aliphatic rings. The van der Waals surface area contributed by atoms with E-state index >= 15 is 0 Å². The van der Waals surface area contributed by atoms with Crippen LogP contribution in [0.25, 0.3) is 0 Å². The van der Waals surface area contributed by atoms with E-state index in [1.807, 2.05) is 24.3 Å². The molecule has 21 heavy (non-hydrogen) atoms. The summed E-state index contributed by atoms with van der Waals surface area (Å²) in [4.78, 5) is 11.9. The molecular formula is C17H24BrNO2. The average Bonchev–Trinajstić information content (AvgIpc) is 2.65. The van der Waals surface area contributed by atoms with Gasteiger partial charge in [0.25, 0.3) is 0 Å². The standard InChI is InChI=1S/C17H24BrNO2/c1-12(2)13-6-5-10-17(11-9-13,16(20)21)19-15-8-4-3-7-14(15)18/h3-4,7-8,12-13,19H,5-6,9-11H2,1-2H3,(H,20,21). The first kappa shape index (κ1) is 16.3. The lowest BCUT2D eigenvalue weighted by molar-refractivity contribution is -0.142. The SMILES string of the molecule is CC(C)C1CCCC(Nc2ccccc2Br)(C(=O)O)CC1. The van der Waals surface area contributed by atoms with Crippen LogP contribution in [0.3, 0.4) is 0 Å². The van der Waals surface area contributed by atoms with Crippen LogP contribution in [0.2, 0.25) is 0 Å². The maximum absolute atomic E-state index is 11.9. The number of aliphatic carboxylic acids is 1. The molecule has 1 fully saturated rings. The van der Waals surface area contributed by atoms with Gasteiger partial charge in [-0.3, -0.25) is 0 Å². The van der Waals surface area contributed by atoms with E-state index in [9.17, 15) is 9.90 Å². The Balaban J connectivity index is 2.21. The third-order valence-corrected chi connectivity index (χ3v) is 5.41. The van der Waals surface area contributed by atoms with Crippen LogP contribution < -0.4 is 5.32 Å². The highest BCUT2D eigenvalue weighted by Gasteiger charge is 2.40. The Kier molecular flexibility index (Phi) is 5.31. The van der Waals surface area contributed by atoms with E-state index in [0.717, 1.165) is 29.4 Å². The maximum Gasteiger partial charge on any atom is 0.329 e. The fraction of sp³-hybridized carbons (Fsp3) is 0.588. The van der Waals surface area contributed by atoms with Crippen molar-refractivity contribution < 1.29 is 9.90 Å². The van der Waals surface area contributed by atoms with Crippen molar-refractivity contribution in [1.82, 2.24) is 0 Å². The Bertz CT molecular complexity index is 503. The minimum absolute atomic E-state index is 0.623. The molecule has 0 amide bonds. The lowest BCUT2D eigenvalue weighted by Crippen LogP contribution is -2.46. The predicted octanol–water partition coefficient (Wildman–Crippen LogP) is 4.92. The molecule has 0 saturated heterocycles. The molecule has 1 aromatic carbocycles. The predicted molar refractivity (Wildman–Crippen MR) is 89.5 cm³/mol. The maximum atomic E-state index is 11.9. The van der Waals surface area contributed by atoms with Crippen LogP contribution in [-0.2, 0) is 4.79 Å². The zero-order chi connectivity index (χ0) is 15.5. The number of benzene rings is 1. The summed E-state index contributed by atoms with van der Waals surface area (Å²) >= 11 is 3.50. The van der Waals surface area contributed by atoms with Gasteiger partial charge in [-0.2, -0.15) is 0 Å². The number of halogens is 1. The van der Waals surface area contributed by atoms with Gasteiger partial charge in [0.05, 0.1) is 0 Å². The molecule has 1 saturated carbocycles. The second-order valence-corrected chi connectivity index (χ2v) is 7.28. The summed E-state index contributed by atoms with van der Waals surface area (Å²) in [6, 6.07) is 7.73. The topological polar surface area (TPSA) is 49.3 Å². The number of anilines is 1. The van der Waals surface area contributed by atoms with E-state index in [4.69, 9.17) is 0 Å². The number of nitrogens with one attached hydrogen (secondary N) is 1. The van der Waals surface area contributed by atoms with Gasteiger partial charge in [0.1, 0.15) is 5.54 Å². The Morgan fingerprint density at radius 1 is 1.33 bits per heavy atom. The fourth-order valence-electron chi connectivity index (χ4n) is 3.25. The Hall–Kier alpha value is -1.03. The van der Waals surface area contributed by atoms with E-state index in [0.29, 0.717) is 24.7 Å². The molecule has 1 aliphatic carbocycles. The Morgan fingerprint density at radius 3 is 2.67 bits per heavy atom. The number of hydrogen-bond acceptors (Lipinski definition) is 2. The van der Waals surface area contributed by atoms with Crippen molar-refractivity contribution >= 4 is 27.6 Å². The summed E-state index contributed by atoms with van der Waals surface area (Å²) in [5, 5.41) is 13.1. The van der Waals surface area contributed by atoms with Crippen molar-refractivity contribution in [3.8, 4) is 0 Å². The van der Waals surface area contributed by atoms with E-state index in [1.165, 1.54) is 0 Å². The Labute approximate surface area is 135 Å². The molecule has 4 heteroatoms. The van der Waals surface area contributed by atoms with Gasteiger partial charge in [0.15, 0.2) is 0 Å². The molecule has 1 aromatic rings. The van der Waals surface area contributed by atoms with Gasteiger partial charge >= 0.3 is 5.97 Å². The van der Waals surface area contributed by atoms with Gasteiger partial charge < -0.3 is 10.4 Å². The van der Waals surface area contributed by atoms with Crippen LogP contribution in [0, 0.1) is 11.8 Å². The number of carbonyl (C=O) groups is 1. The Morgan fingerprint density at radius 2 is 2.05 bits per heavy atom. The number of carboxylic acids is 1. The number of rotatable bonds is 4. The summed E-state index contributed by atoms with van der Waals surface area (Å²) in [5.41, 5.74) is 0.0240. The molecule has 0 radical (unpaired) electrons. The van der Waals surface area contributed by atoms with E-state index in [2.05, 4.69) is 35.1 Å². The van der Waals surface area contributed by atoms with Crippen molar-refractivity contribution in [3.63, 3.8) is 0 Å². The second-order valence-electron chi connectivity index (χ2n) is 6.43. The third-order valence-electron chi connectivity index (χ3n) is 4.72. The normalized spacial score (nSPS) is 26.4. The van der Waals surface area contributed by atoms with Gasteiger partial charge in [-0.15, -0.1) is 0 Å². The van der Waals surface area contributed by atoms with Crippen LogP contribution in [-0.4, -0.2) is 16.6 Å². The molecule has 0 aliphatic heterocycles. The minimum atomic E-state index is -0.840. The largest absolute Gasteiger partial charge is 0.480 e. The fourth-order valence-corrected chi connectivity index (χ4v) is 3.63. The van der Waals surface area contributed by atoms with Crippen LogP contribution in [0.5, 0.6) is 0 Å². The summed E-state index contributed by atoms with van der Waals surface area (Å²) in [6.45, 7) is 4.47. The lowest BCUT2D eigenvalue weighted by atomic mass is 9.86. The molecular weight excluding hydrogens is 330 g/mol. The van der Waals surface area contributed by atoms with Gasteiger partial charge in [-0.05, 0) is 59.2 Å². The molecule has 2 atom stereocenters. The van der Waals surface area contributed by atoms with Crippen molar-refractivity contribution in [1.29, 1.82) is 0 Å². The molecule has 2 rings (SSSR count). The zero-order valence-corrected chi connectivity index (χ0v) is 14.3. The van der Waals surface area contributed by atoms with Crippen molar-refractivity contribution in [3.05, 3.63) is 28.7 Å². The van der Waals surface area contributed by atoms with Crippen LogP contribution >= 0.6 is 15.9 Å². The van der Waals surface area contributed by atoms with Crippen LogP contribution in [0.1, 0.15) is 46.0 Å². The van der Waals surface area contributed by atoms with E-state index in [-0.39, 0.29) is 0 Å². The first-order chi connectivity index (χ1) is 9.94. The number of carboxylic acid groups (broad SMARTS) is 1. The smallest absolute Gasteiger partial charge is 0.329 e. The monoisotopic (exact) mass is 353 g/mol. The minimum Gasteiger partial charge on any atom is -0.480 e. The zero-order valence-electron chi connectivity index (χ0n) is 12.7. The van der Waals surface area contributed by atoms with E-state index < -0.39 is 11.5 Å². The summed E-state index contributed by atoms with van der Waals surface area (Å²) < 4.78 is 0.912. The van der Waals surface area contributed by atoms with Crippen molar-refractivity contribution in [2.45, 2.75) is 51.5 Å². The summed E-state index contributed by atoms with van der Waals surface area (Å²) in [7, 11) is 0. The van der Waals surface area contributed by atoms with Gasteiger partial charge in [0, 0.05) is 10.2 Å². The highest BCUT2D eigenvalue weighted by atomic mass is 79.9. The lowest BCUT2D eigenvalue weighted by Gasteiger charge is -2.31. The molecule has 2 unspecified atom stereocenters. The third kappa shape index (κ3) is 3.79. The highest BCUT2D eigenvalue weighted by molar-refractivity contribution is 9.10. The summed E-state index contributed by atoms with van der Waals surface area (Å²) in [5.74, 6) is 0.521. The second kappa shape index (κ2) is 6.82.